The molecular weight excluding hydrogens is 350 g/mol. The number of hydrogen-bond donors (Lipinski definition) is 1. The molecule has 2 aromatic carbocycles. The lowest BCUT2D eigenvalue weighted by atomic mass is 9.91. The topological polar surface area (TPSA) is 64.0 Å². The van der Waals surface area contributed by atoms with Crippen LogP contribution in [0.5, 0.6) is 0 Å². The molecule has 0 radical (unpaired) electrons. The summed E-state index contributed by atoms with van der Waals surface area (Å²) in [5.41, 5.74) is 6.82. The fraction of sp³-hybridized carbons (Fsp3) is 0.348. The fourth-order valence-corrected chi connectivity index (χ4v) is 4.42. The Balaban J connectivity index is 1.68. The average Bonchev–Trinajstić information content (AvgIpc) is 3.10. The molecule has 0 spiro atoms. The third kappa shape index (κ3) is 3.01. The van der Waals surface area contributed by atoms with Crippen molar-refractivity contribution in [2.75, 3.05) is 5.32 Å². The number of aryl methyl sites for hydroxylation is 3. The van der Waals surface area contributed by atoms with E-state index in [-0.39, 0.29) is 11.3 Å². The second-order valence-electron chi connectivity index (χ2n) is 7.72. The van der Waals surface area contributed by atoms with E-state index in [1.54, 1.807) is 11.5 Å². The Bertz CT molecular complexity index is 1170. The maximum Gasteiger partial charge on any atom is 0.261 e. The number of aromatic nitrogens is 2. The first-order valence-corrected chi connectivity index (χ1v) is 9.74. The number of hydrogen-bond acceptors (Lipinski definition) is 4. The molecule has 0 bridgehead atoms. The molecule has 0 fully saturated rings. The van der Waals surface area contributed by atoms with E-state index in [4.69, 9.17) is 0 Å². The van der Waals surface area contributed by atoms with Gasteiger partial charge in [-0.2, -0.15) is 0 Å². The average molecular weight is 375 g/mol. The number of Topliss-reactive ketones (excluding diaryl/α,β-unsaturated/α-hetero) is 1. The molecule has 144 valence electrons. The summed E-state index contributed by atoms with van der Waals surface area (Å²) in [5, 5.41) is 4.08. The molecule has 0 aliphatic carbocycles. The lowest BCUT2D eigenvalue weighted by Crippen LogP contribution is -2.21. The maximum absolute atomic E-state index is 12.8. The van der Waals surface area contributed by atoms with E-state index in [1.807, 2.05) is 32.0 Å². The minimum Gasteiger partial charge on any atom is -0.381 e. The van der Waals surface area contributed by atoms with Gasteiger partial charge in [-0.25, -0.2) is 4.98 Å². The SMILES string of the molecule is CC(=O)c1c(C)cc(C)c(CNc2ccc3nc4n(c(=O)c3c2)CCC4)c1C. The van der Waals surface area contributed by atoms with Crippen molar-refractivity contribution in [1.29, 1.82) is 0 Å². The summed E-state index contributed by atoms with van der Waals surface area (Å²) in [6.07, 6.45) is 1.85. The smallest absolute Gasteiger partial charge is 0.261 e. The molecule has 1 aliphatic rings. The van der Waals surface area contributed by atoms with Gasteiger partial charge < -0.3 is 5.32 Å². The van der Waals surface area contributed by atoms with Gasteiger partial charge in [-0.05, 0) is 74.6 Å². The molecule has 0 saturated heterocycles. The molecule has 5 heteroatoms. The number of nitrogens with one attached hydrogen (secondary N) is 1. The first-order chi connectivity index (χ1) is 13.4. The number of ketones is 1. The first kappa shape index (κ1) is 18.4. The van der Waals surface area contributed by atoms with Crippen LogP contribution in [0.4, 0.5) is 5.69 Å². The van der Waals surface area contributed by atoms with Gasteiger partial charge in [0.2, 0.25) is 0 Å². The van der Waals surface area contributed by atoms with Gasteiger partial charge in [0, 0.05) is 30.8 Å². The van der Waals surface area contributed by atoms with Gasteiger partial charge in [0.25, 0.3) is 5.56 Å². The number of rotatable bonds is 4. The zero-order valence-electron chi connectivity index (χ0n) is 16.8. The molecule has 0 atom stereocenters. The van der Waals surface area contributed by atoms with E-state index in [9.17, 15) is 9.59 Å². The quantitative estimate of drug-likeness (QED) is 0.698. The largest absolute Gasteiger partial charge is 0.381 e. The van der Waals surface area contributed by atoms with E-state index in [2.05, 4.69) is 23.3 Å². The molecule has 5 nitrogen and oxygen atoms in total. The maximum atomic E-state index is 12.8. The van der Waals surface area contributed by atoms with Crippen molar-refractivity contribution >= 4 is 22.4 Å². The second-order valence-corrected chi connectivity index (χ2v) is 7.72. The number of carbonyl (C=O) groups excluding carboxylic acids is 1. The zero-order chi connectivity index (χ0) is 20.0. The Hall–Kier alpha value is -2.95. The van der Waals surface area contributed by atoms with Gasteiger partial charge in [-0.15, -0.1) is 0 Å². The van der Waals surface area contributed by atoms with Crippen LogP contribution in [0.2, 0.25) is 0 Å². The second kappa shape index (κ2) is 6.89. The van der Waals surface area contributed by atoms with E-state index in [0.29, 0.717) is 11.9 Å². The van der Waals surface area contributed by atoms with Crippen LogP contribution in [0.3, 0.4) is 0 Å². The Morgan fingerprint density at radius 3 is 2.71 bits per heavy atom. The van der Waals surface area contributed by atoms with Crippen LogP contribution in [0, 0.1) is 20.8 Å². The molecule has 1 N–H and O–H groups in total. The van der Waals surface area contributed by atoms with Gasteiger partial charge in [0.15, 0.2) is 5.78 Å². The lowest BCUT2D eigenvalue weighted by molar-refractivity contribution is 0.101. The van der Waals surface area contributed by atoms with Gasteiger partial charge >= 0.3 is 0 Å². The predicted molar refractivity (Wildman–Crippen MR) is 112 cm³/mol. The Kier molecular flexibility index (Phi) is 4.53. The monoisotopic (exact) mass is 375 g/mol. The van der Waals surface area contributed by atoms with Gasteiger partial charge in [0.05, 0.1) is 10.9 Å². The van der Waals surface area contributed by atoms with Crippen LogP contribution < -0.4 is 10.9 Å². The van der Waals surface area contributed by atoms with Crippen molar-refractivity contribution < 1.29 is 4.79 Å². The van der Waals surface area contributed by atoms with Gasteiger partial charge in [-0.3, -0.25) is 14.2 Å². The van der Waals surface area contributed by atoms with Gasteiger partial charge in [-0.1, -0.05) is 6.07 Å². The third-order valence-electron chi connectivity index (χ3n) is 5.77. The van der Waals surface area contributed by atoms with Crippen molar-refractivity contribution in [2.24, 2.45) is 0 Å². The van der Waals surface area contributed by atoms with Crippen LogP contribution >= 0.6 is 0 Å². The molecule has 28 heavy (non-hydrogen) atoms. The minimum atomic E-state index is 0.0442. The highest BCUT2D eigenvalue weighted by molar-refractivity contribution is 5.97. The highest BCUT2D eigenvalue weighted by atomic mass is 16.1. The molecule has 1 aliphatic heterocycles. The van der Waals surface area contributed by atoms with Crippen molar-refractivity contribution in [2.45, 2.75) is 53.6 Å². The summed E-state index contributed by atoms with van der Waals surface area (Å²) in [4.78, 5) is 29.4. The van der Waals surface area contributed by atoms with Gasteiger partial charge in [0.1, 0.15) is 5.82 Å². The van der Waals surface area contributed by atoms with Crippen LogP contribution in [0.25, 0.3) is 10.9 Å². The number of anilines is 1. The van der Waals surface area contributed by atoms with Crippen molar-refractivity contribution in [3.05, 3.63) is 68.3 Å². The number of nitrogens with zero attached hydrogens (tertiary/aromatic N) is 2. The predicted octanol–water partition coefficient (Wildman–Crippen LogP) is 4.08. The minimum absolute atomic E-state index is 0.0442. The Morgan fingerprint density at radius 2 is 1.96 bits per heavy atom. The van der Waals surface area contributed by atoms with Crippen molar-refractivity contribution in [1.82, 2.24) is 9.55 Å². The van der Waals surface area contributed by atoms with E-state index in [1.165, 1.54) is 0 Å². The molecule has 1 aromatic heterocycles. The van der Waals surface area contributed by atoms with Crippen LogP contribution in [-0.4, -0.2) is 15.3 Å². The van der Waals surface area contributed by atoms with E-state index >= 15 is 0 Å². The summed E-state index contributed by atoms with van der Waals surface area (Å²) in [6.45, 7) is 9.03. The van der Waals surface area contributed by atoms with E-state index in [0.717, 1.165) is 64.2 Å². The number of fused-ring (bicyclic) bond motifs is 2. The molecular formula is C23H25N3O2. The highest BCUT2D eigenvalue weighted by Gasteiger charge is 2.17. The van der Waals surface area contributed by atoms with Crippen molar-refractivity contribution in [3.63, 3.8) is 0 Å². The van der Waals surface area contributed by atoms with Crippen LogP contribution in [-0.2, 0) is 19.5 Å². The summed E-state index contributed by atoms with van der Waals surface area (Å²) >= 11 is 0. The molecule has 3 aromatic rings. The summed E-state index contributed by atoms with van der Waals surface area (Å²) in [6, 6.07) is 7.83. The fourth-order valence-electron chi connectivity index (χ4n) is 4.42. The summed E-state index contributed by atoms with van der Waals surface area (Å²) in [5.74, 6) is 0.982. The summed E-state index contributed by atoms with van der Waals surface area (Å²) < 4.78 is 1.79. The molecule has 0 amide bonds. The highest BCUT2D eigenvalue weighted by Crippen LogP contribution is 2.25. The summed E-state index contributed by atoms with van der Waals surface area (Å²) in [7, 11) is 0. The standard InChI is InChI=1S/C23H25N3O2/c1-13-10-14(2)22(16(4)27)15(3)19(13)12-24-17-7-8-20-18(11-17)23(28)26-9-5-6-21(26)25-20/h7-8,10-11,24H,5-6,9,12H2,1-4H3. The third-order valence-corrected chi connectivity index (χ3v) is 5.77. The normalized spacial score (nSPS) is 13.0. The van der Waals surface area contributed by atoms with Crippen molar-refractivity contribution in [3.8, 4) is 0 Å². The van der Waals surface area contributed by atoms with Crippen LogP contribution in [0.15, 0.2) is 29.1 Å². The zero-order valence-corrected chi connectivity index (χ0v) is 16.8. The van der Waals surface area contributed by atoms with Crippen LogP contribution in [0.1, 0.15) is 51.8 Å². The first-order valence-electron chi connectivity index (χ1n) is 9.74. The Labute approximate surface area is 164 Å². The van der Waals surface area contributed by atoms with E-state index < -0.39 is 0 Å². The number of carbonyl (C=O) groups is 1. The molecule has 2 heterocycles. The molecule has 0 unspecified atom stereocenters. The lowest BCUT2D eigenvalue weighted by Gasteiger charge is -2.17. The Morgan fingerprint density at radius 1 is 1.18 bits per heavy atom. The molecule has 0 saturated carbocycles. The molecule has 4 rings (SSSR count). The number of benzene rings is 2.